The summed E-state index contributed by atoms with van der Waals surface area (Å²) in [5.41, 5.74) is 8.42. The van der Waals surface area contributed by atoms with Crippen LogP contribution in [0, 0.1) is 0 Å². The van der Waals surface area contributed by atoms with Gasteiger partial charge in [0.25, 0.3) is 0 Å². The molecule has 20 heavy (non-hydrogen) atoms. The molecule has 0 radical (unpaired) electrons. The largest absolute Gasteiger partial charge is 0.475 e. The molecule has 3 N–H and O–H groups in total. The lowest BCUT2D eigenvalue weighted by atomic mass is 10.1. The second kappa shape index (κ2) is 6.56. The van der Waals surface area contributed by atoms with Gasteiger partial charge < -0.3 is 20.4 Å². The van der Waals surface area contributed by atoms with E-state index < -0.39 is 0 Å². The van der Waals surface area contributed by atoms with E-state index in [1.54, 1.807) is 0 Å². The van der Waals surface area contributed by atoms with Crippen LogP contribution < -0.4 is 10.5 Å². The number of nitrogens with two attached hydrogens (primary N) is 1. The molecule has 0 amide bonds. The highest BCUT2D eigenvalue weighted by Gasteiger charge is 2.19. The highest BCUT2D eigenvalue weighted by atomic mass is 16.5. The van der Waals surface area contributed by atoms with Crippen molar-refractivity contribution in [2.75, 3.05) is 13.2 Å². The van der Waals surface area contributed by atoms with E-state index in [0.29, 0.717) is 24.7 Å². The summed E-state index contributed by atoms with van der Waals surface area (Å²) in [6, 6.07) is 1.91. The first-order chi connectivity index (χ1) is 9.61. The number of hydrogen-bond acceptors (Lipinski definition) is 5. The van der Waals surface area contributed by atoms with E-state index in [4.69, 9.17) is 20.4 Å². The molecule has 0 spiro atoms. The highest BCUT2D eigenvalue weighted by Crippen LogP contribution is 2.26. The molecule has 0 aromatic carbocycles. The Bertz CT molecular complexity index is 501. The zero-order chi connectivity index (χ0) is 14.5. The van der Waals surface area contributed by atoms with Crippen LogP contribution in [0.3, 0.4) is 0 Å². The van der Waals surface area contributed by atoms with Gasteiger partial charge in [0.15, 0.2) is 5.84 Å². The van der Waals surface area contributed by atoms with Crippen LogP contribution in [-0.2, 0) is 17.6 Å². The first kappa shape index (κ1) is 14.6. The molecule has 1 aromatic rings. The van der Waals surface area contributed by atoms with Gasteiger partial charge in [-0.1, -0.05) is 5.16 Å². The van der Waals surface area contributed by atoms with Crippen LogP contribution >= 0.6 is 0 Å². The van der Waals surface area contributed by atoms with E-state index in [9.17, 15) is 0 Å². The van der Waals surface area contributed by atoms with Crippen molar-refractivity contribution < 1.29 is 14.7 Å². The molecular formula is C14H21N3O3. The van der Waals surface area contributed by atoms with Crippen LogP contribution in [-0.4, -0.2) is 35.3 Å². The van der Waals surface area contributed by atoms with Crippen molar-refractivity contribution in [1.29, 1.82) is 0 Å². The zero-order valence-electron chi connectivity index (χ0n) is 11.9. The zero-order valence-corrected chi connectivity index (χ0v) is 11.9. The number of aryl methyl sites for hydroxylation is 2. The predicted octanol–water partition coefficient (Wildman–Crippen LogP) is 1.47. The van der Waals surface area contributed by atoms with Crippen molar-refractivity contribution in [2.45, 2.75) is 39.2 Å². The monoisotopic (exact) mass is 279 g/mol. The fourth-order valence-corrected chi connectivity index (χ4v) is 2.22. The number of fused-ring (bicyclic) bond motifs is 1. The summed E-state index contributed by atoms with van der Waals surface area (Å²) in [7, 11) is 0. The quantitative estimate of drug-likeness (QED) is 0.270. The van der Waals surface area contributed by atoms with Gasteiger partial charge in [0, 0.05) is 5.69 Å². The van der Waals surface area contributed by atoms with Crippen LogP contribution in [0.2, 0.25) is 0 Å². The van der Waals surface area contributed by atoms with Gasteiger partial charge in [-0.25, -0.2) is 4.98 Å². The molecule has 0 fully saturated rings. The third kappa shape index (κ3) is 3.39. The van der Waals surface area contributed by atoms with Gasteiger partial charge in [-0.05, 0) is 44.7 Å². The SMILES string of the molecule is CC(C)OCCOc1nc2c(cc1C(N)=NO)CCC2. The summed E-state index contributed by atoms with van der Waals surface area (Å²) in [6.45, 7) is 4.80. The average molecular weight is 279 g/mol. The average Bonchev–Trinajstić information content (AvgIpc) is 2.88. The number of oxime groups is 1. The fraction of sp³-hybridized carbons (Fsp3) is 0.571. The summed E-state index contributed by atoms with van der Waals surface area (Å²) >= 11 is 0. The van der Waals surface area contributed by atoms with Crippen molar-refractivity contribution in [2.24, 2.45) is 10.9 Å². The molecule has 0 unspecified atom stereocenters. The summed E-state index contributed by atoms with van der Waals surface area (Å²) in [5.74, 6) is 0.431. The van der Waals surface area contributed by atoms with Gasteiger partial charge in [0.2, 0.25) is 5.88 Å². The lowest BCUT2D eigenvalue weighted by Gasteiger charge is -2.13. The Hall–Kier alpha value is -1.82. The Labute approximate surface area is 118 Å². The van der Waals surface area contributed by atoms with Crippen molar-refractivity contribution in [1.82, 2.24) is 4.98 Å². The Balaban J connectivity index is 2.13. The van der Waals surface area contributed by atoms with Gasteiger partial charge in [-0.15, -0.1) is 0 Å². The second-order valence-electron chi connectivity index (χ2n) is 5.05. The smallest absolute Gasteiger partial charge is 0.224 e. The molecule has 0 saturated carbocycles. The number of ether oxygens (including phenoxy) is 2. The summed E-state index contributed by atoms with van der Waals surface area (Å²) < 4.78 is 11.0. The molecule has 1 heterocycles. The normalized spacial score (nSPS) is 14.7. The van der Waals surface area contributed by atoms with Gasteiger partial charge >= 0.3 is 0 Å². The number of rotatable bonds is 6. The molecule has 6 nitrogen and oxygen atoms in total. The minimum atomic E-state index is 0.0203. The van der Waals surface area contributed by atoms with Crippen molar-refractivity contribution in [3.8, 4) is 5.88 Å². The van der Waals surface area contributed by atoms with Gasteiger partial charge in [0.1, 0.15) is 6.61 Å². The molecule has 0 bridgehead atoms. The van der Waals surface area contributed by atoms with Crippen LogP contribution in [0.25, 0.3) is 0 Å². The van der Waals surface area contributed by atoms with E-state index >= 15 is 0 Å². The summed E-state index contributed by atoms with van der Waals surface area (Å²) in [6.07, 6.45) is 3.17. The Kier molecular flexibility index (Phi) is 4.79. The molecule has 6 heteroatoms. The molecule has 0 aliphatic heterocycles. The molecule has 1 aliphatic rings. The minimum absolute atomic E-state index is 0.0203. The van der Waals surface area contributed by atoms with Gasteiger partial charge in [0.05, 0.1) is 18.3 Å². The molecule has 0 saturated heterocycles. The van der Waals surface area contributed by atoms with E-state index in [0.717, 1.165) is 30.5 Å². The standard InChI is InChI=1S/C14H21N3O3/c1-9(2)19-6-7-20-14-11(13(15)17-18)8-10-4-3-5-12(10)16-14/h8-9,18H,3-7H2,1-2H3,(H2,15,17). The van der Waals surface area contributed by atoms with Gasteiger partial charge in [-0.2, -0.15) is 0 Å². The first-order valence-corrected chi connectivity index (χ1v) is 6.87. The van der Waals surface area contributed by atoms with Crippen molar-refractivity contribution >= 4 is 5.84 Å². The minimum Gasteiger partial charge on any atom is -0.475 e. The summed E-state index contributed by atoms with van der Waals surface area (Å²) in [4.78, 5) is 4.49. The number of amidine groups is 1. The molecule has 2 rings (SSSR count). The second-order valence-corrected chi connectivity index (χ2v) is 5.05. The van der Waals surface area contributed by atoms with Crippen molar-refractivity contribution in [3.63, 3.8) is 0 Å². The van der Waals surface area contributed by atoms with Crippen LogP contribution in [0.15, 0.2) is 11.2 Å². The lowest BCUT2D eigenvalue weighted by molar-refractivity contribution is 0.0541. The van der Waals surface area contributed by atoms with E-state index in [1.165, 1.54) is 0 Å². The lowest BCUT2D eigenvalue weighted by Crippen LogP contribution is -2.18. The fourth-order valence-electron chi connectivity index (χ4n) is 2.22. The van der Waals surface area contributed by atoms with Crippen LogP contribution in [0.4, 0.5) is 0 Å². The van der Waals surface area contributed by atoms with Gasteiger partial charge in [-0.3, -0.25) is 0 Å². The number of pyridine rings is 1. The summed E-state index contributed by atoms with van der Waals surface area (Å²) in [5, 5.41) is 11.9. The van der Waals surface area contributed by atoms with E-state index in [1.807, 2.05) is 19.9 Å². The van der Waals surface area contributed by atoms with E-state index in [2.05, 4.69) is 10.1 Å². The highest BCUT2D eigenvalue weighted by molar-refractivity contribution is 5.99. The Morgan fingerprint density at radius 3 is 2.95 bits per heavy atom. The van der Waals surface area contributed by atoms with Crippen LogP contribution in [0.5, 0.6) is 5.88 Å². The number of hydrogen-bond donors (Lipinski definition) is 2. The molecule has 1 aromatic heterocycles. The Morgan fingerprint density at radius 2 is 2.25 bits per heavy atom. The maximum atomic E-state index is 8.86. The van der Waals surface area contributed by atoms with Crippen LogP contribution in [0.1, 0.15) is 37.1 Å². The third-order valence-electron chi connectivity index (χ3n) is 3.17. The molecule has 1 aliphatic carbocycles. The topological polar surface area (TPSA) is 90.0 Å². The number of aromatic nitrogens is 1. The Morgan fingerprint density at radius 1 is 1.45 bits per heavy atom. The molecule has 110 valence electrons. The third-order valence-corrected chi connectivity index (χ3v) is 3.17. The molecular weight excluding hydrogens is 258 g/mol. The maximum Gasteiger partial charge on any atom is 0.224 e. The van der Waals surface area contributed by atoms with Crippen molar-refractivity contribution in [3.05, 3.63) is 22.9 Å². The number of nitrogens with zero attached hydrogens (tertiary/aromatic N) is 2. The first-order valence-electron chi connectivity index (χ1n) is 6.87. The maximum absolute atomic E-state index is 8.86. The predicted molar refractivity (Wildman–Crippen MR) is 75.4 cm³/mol. The van der Waals surface area contributed by atoms with E-state index in [-0.39, 0.29) is 11.9 Å². The molecule has 0 atom stereocenters.